The van der Waals surface area contributed by atoms with E-state index >= 15 is 0 Å². The van der Waals surface area contributed by atoms with Crippen LogP contribution in [0, 0.1) is 0 Å². The van der Waals surface area contributed by atoms with Crippen LogP contribution in [0.25, 0.3) is 0 Å². The summed E-state index contributed by atoms with van der Waals surface area (Å²) >= 11 is 0. The van der Waals surface area contributed by atoms with Crippen molar-refractivity contribution in [3.63, 3.8) is 0 Å². The Balaban J connectivity index is 5.48. The van der Waals surface area contributed by atoms with Crippen molar-refractivity contribution in [2.24, 2.45) is 0 Å². The van der Waals surface area contributed by atoms with E-state index in [-0.39, 0.29) is 16.8 Å². The van der Waals surface area contributed by atoms with E-state index < -0.39 is 5.97 Å². The van der Waals surface area contributed by atoms with Gasteiger partial charge >= 0.3 is 0 Å². The minimum Gasteiger partial charge on any atom is -0.322 e. The molecule has 0 saturated carbocycles. The smallest absolute Gasteiger partial charge is 0.281 e. The van der Waals surface area contributed by atoms with Crippen LogP contribution in [-0.4, -0.2) is 33.0 Å². The van der Waals surface area contributed by atoms with E-state index in [0.717, 1.165) is 35.5 Å². The van der Waals surface area contributed by atoms with Gasteiger partial charge in [-0.15, -0.1) is 0 Å². The highest BCUT2D eigenvalue weighted by Crippen LogP contribution is 2.37. The third-order valence-electron chi connectivity index (χ3n) is 4.28. The molecule has 0 amide bonds. The number of rotatable bonds is 10. The Morgan fingerprint density at radius 1 is 0.619 bits per heavy atom. The van der Waals surface area contributed by atoms with Crippen molar-refractivity contribution < 1.29 is 14.2 Å². The summed E-state index contributed by atoms with van der Waals surface area (Å²) in [6.07, 6.45) is 2.76. The van der Waals surface area contributed by atoms with Crippen molar-refractivity contribution in [1.29, 1.82) is 0 Å². The molecule has 4 heteroatoms. The van der Waals surface area contributed by atoms with Gasteiger partial charge in [0, 0.05) is 16.3 Å². The maximum Gasteiger partial charge on any atom is 0.281 e. The predicted molar refractivity (Wildman–Crippen MR) is 93.8 cm³/mol. The van der Waals surface area contributed by atoms with Crippen LogP contribution in [0.1, 0.15) is 81.6 Å². The van der Waals surface area contributed by atoms with Gasteiger partial charge in [-0.2, -0.15) is 0 Å². The molecular formula is C17H38O3Si. The normalized spacial score (nSPS) is 14.7. The summed E-state index contributed by atoms with van der Waals surface area (Å²) in [5, 5.41) is 0. The van der Waals surface area contributed by atoms with Gasteiger partial charge in [0.05, 0.1) is 16.8 Å². The van der Waals surface area contributed by atoms with Crippen molar-refractivity contribution in [3.8, 4) is 0 Å². The maximum atomic E-state index is 6.39. The molecule has 0 aromatic carbocycles. The fourth-order valence-corrected chi connectivity index (χ4v) is 2.19. The first-order valence-electron chi connectivity index (χ1n) is 8.47. The van der Waals surface area contributed by atoms with Gasteiger partial charge in [-0.1, -0.05) is 20.8 Å². The summed E-state index contributed by atoms with van der Waals surface area (Å²) in [4.78, 5) is 0. The first-order chi connectivity index (χ1) is 9.36. The molecule has 0 aliphatic heterocycles. The average Bonchev–Trinajstić information content (AvgIpc) is 2.37. The maximum absolute atomic E-state index is 6.39. The van der Waals surface area contributed by atoms with Crippen molar-refractivity contribution >= 4 is 10.2 Å². The van der Waals surface area contributed by atoms with Crippen molar-refractivity contribution in [2.45, 2.75) is 110 Å². The van der Waals surface area contributed by atoms with Crippen molar-refractivity contribution in [1.82, 2.24) is 0 Å². The molecule has 128 valence electrons. The molecule has 0 aliphatic carbocycles. The Bertz CT molecular complexity index is 266. The first kappa shape index (κ1) is 21.1. The van der Waals surface area contributed by atoms with Gasteiger partial charge in [0.1, 0.15) is 0 Å². The fraction of sp³-hybridized carbons (Fsp3) is 1.00. The molecule has 0 radical (unpaired) electrons. The lowest BCUT2D eigenvalue weighted by Crippen LogP contribution is -2.53. The van der Waals surface area contributed by atoms with Gasteiger partial charge in [0.2, 0.25) is 0 Å². The van der Waals surface area contributed by atoms with E-state index in [2.05, 4.69) is 62.3 Å². The molecule has 0 aromatic rings. The minimum atomic E-state index is -0.940. The molecule has 0 rings (SSSR count). The van der Waals surface area contributed by atoms with E-state index in [4.69, 9.17) is 14.2 Å². The molecule has 0 unspecified atom stereocenters. The molecule has 21 heavy (non-hydrogen) atoms. The van der Waals surface area contributed by atoms with Gasteiger partial charge in [0.15, 0.2) is 0 Å². The third kappa shape index (κ3) is 7.27. The molecule has 0 spiro atoms. The Kier molecular flexibility index (Phi) is 7.61. The van der Waals surface area contributed by atoms with Gasteiger partial charge in [0.25, 0.3) is 5.97 Å². The second kappa shape index (κ2) is 7.58. The molecule has 0 saturated heterocycles. The third-order valence-corrected chi connectivity index (χ3v) is 5.15. The number of ether oxygens (including phenoxy) is 3. The Morgan fingerprint density at radius 3 is 1.00 bits per heavy atom. The van der Waals surface area contributed by atoms with Crippen LogP contribution in [-0.2, 0) is 14.2 Å². The second-order valence-corrected chi connectivity index (χ2v) is 8.39. The van der Waals surface area contributed by atoms with Crippen molar-refractivity contribution in [2.75, 3.05) is 0 Å². The molecule has 0 aliphatic rings. The summed E-state index contributed by atoms with van der Waals surface area (Å²) in [5.74, 6) is -0.940. The lowest BCUT2D eigenvalue weighted by molar-refractivity contribution is -0.442. The SMILES string of the molecule is CCC(C)(C)OC(C[SiH3])(OC(C)(C)CC)OC(C)(C)CC. The van der Waals surface area contributed by atoms with Crippen LogP contribution in [0.4, 0.5) is 0 Å². The summed E-state index contributed by atoms with van der Waals surface area (Å²) in [7, 11) is 0.959. The van der Waals surface area contributed by atoms with E-state index in [1.54, 1.807) is 0 Å². The molecule has 0 bridgehead atoms. The molecule has 0 heterocycles. The highest BCUT2D eigenvalue weighted by Gasteiger charge is 2.44. The summed E-state index contributed by atoms with van der Waals surface area (Å²) in [6.45, 7) is 19.0. The number of hydrogen-bond donors (Lipinski definition) is 0. The molecule has 0 fully saturated rings. The summed E-state index contributed by atoms with van der Waals surface area (Å²) in [5.41, 5.74) is -0.797. The molecule has 0 N–H and O–H groups in total. The molecular weight excluding hydrogens is 280 g/mol. The van der Waals surface area contributed by atoms with Crippen LogP contribution in [0.2, 0.25) is 6.04 Å². The van der Waals surface area contributed by atoms with E-state index in [0.29, 0.717) is 0 Å². The highest BCUT2D eigenvalue weighted by molar-refractivity contribution is 6.09. The van der Waals surface area contributed by atoms with Crippen LogP contribution >= 0.6 is 0 Å². The van der Waals surface area contributed by atoms with Gasteiger partial charge in [-0.3, -0.25) is 0 Å². The van der Waals surface area contributed by atoms with E-state index in [9.17, 15) is 0 Å². The van der Waals surface area contributed by atoms with E-state index in [1.165, 1.54) is 0 Å². The highest BCUT2D eigenvalue weighted by atomic mass is 28.1. The average molecular weight is 319 g/mol. The quantitative estimate of drug-likeness (QED) is 0.449. The zero-order valence-corrected chi connectivity index (χ0v) is 18.1. The lowest BCUT2D eigenvalue weighted by Gasteiger charge is -2.46. The van der Waals surface area contributed by atoms with Crippen molar-refractivity contribution in [3.05, 3.63) is 0 Å². The predicted octanol–water partition coefficient (Wildman–Crippen LogP) is 4.04. The summed E-state index contributed by atoms with van der Waals surface area (Å²) in [6, 6.07) is 0.795. The fourth-order valence-electron chi connectivity index (χ4n) is 1.76. The minimum absolute atomic E-state index is 0.266. The van der Waals surface area contributed by atoms with Crippen LogP contribution in [0.15, 0.2) is 0 Å². The van der Waals surface area contributed by atoms with Crippen LogP contribution < -0.4 is 0 Å². The Morgan fingerprint density at radius 2 is 0.857 bits per heavy atom. The zero-order valence-electron chi connectivity index (χ0n) is 16.1. The van der Waals surface area contributed by atoms with Gasteiger partial charge < -0.3 is 14.2 Å². The van der Waals surface area contributed by atoms with Gasteiger partial charge in [-0.05, 0) is 60.8 Å². The summed E-state index contributed by atoms with van der Waals surface area (Å²) < 4.78 is 19.2. The Hall–Kier alpha value is 0.0969. The Labute approximate surface area is 135 Å². The van der Waals surface area contributed by atoms with E-state index in [1.807, 2.05) is 0 Å². The van der Waals surface area contributed by atoms with Crippen LogP contribution in [0.5, 0.6) is 0 Å². The standard InChI is InChI=1S/C17H38O3Si/c1-10-14(4,5)18-17(13-21,19-15(6,7)11-2)20-16(8,9)12-3/h10-13H2,1-9,21H3. The molecule has 3 nitrogen and oxygen atoms in total. The largest absolute Gasteiger partial charge is 0.322 e. The van der Waals surface area contributed by atoms with Gasteiger partial charge in [-0.25, -0.2) is 0 Å². The molecule has 0 atom stereocenters. The lowest BCUT2D eigenvalue weighted by atomic mass is 10.0. The topological polar surface area (TPSA) is 27.7 Å². The second-order valence-electron chi connectivity index (χ2n) is 7.68. The zero-order chi connectivity index (χ0) is 16.9. The monoisotopic (exact) mass is 318 g/mol. The first-order valence-corrected chi connectivity index (χ1v) is 9.88. The molecule has 0 aromatic heterocycles. The number of hydrogen-bond acceptors (Lipinski definition) is 3. The van der Waals surface area contributed by atoms with Crippen LogP contribution in [0.3, 0.4) is 0 Å².